The lowest BCUT2D eigenvalue weighted by atomic mass is 10.1. The molecule has 0 radical (unpaired) electrons. The molecule has 0 fully saturated rings. The lowest BCUT2D eigenvalue weighted by Crippen LogP contribution is -2.21. The minimum Gasteiger partial charge on any atom is -0.309 e. The minimum atomic E-state index is 0.349. The van der Waals surface area contributed by atoms with E-state index < -0.39 is 0 Å². The van der Waals surface area contributed by atoms with Crippen LogP contribution in [0.4, 0.5) is 0 Å². The van der Waals surface area contributed by atoms with Gasteiger partial charge < -0.3 is 5.32 Å². The summed E-state index contributed by atoms with van der Waals surface area (Å²) < 4.78 is 1.84. The Labute approximate surface area is 99.3 Å². The Hall–Kier alpha value is -1.20. The Morgan fingerprint density at radius 2 is 2.38 bits per heavy atom. The molecule has 2 heterocycles. The Balaban J connectivity index is 2.09. The van der Waals surface area contributed by atoms with Gasteiger partial charge in [-0.1, -0.05) is 6.92 Å². The van der Waals surface area contributed by atoms with Gasteiger partial charge in [-0.15, -0.1) is 11.3 Å². The number of rotatable bonds is 5. The first kappa shape index (κ1) is 11.3. The van der Waals surface area contributed by atoms with E-state index >= 15 is 0 Å². The largest absolute Gasteiger partial charge is 0.309 e. The molecule has 5 heteroatoms. The first-order valence-corrected chi connectivity index (χ1v) is 6.27. The van der Waals surface area contributed by atoms with Gasteiger partial charge in [-0.25, -0.2) is 0 Å². The third kappa shape index (κ3) is 2.68. The van der Waals surface area contributed by atoms with E-state index in [9.17, 15) is 0 Å². The van der Waals surface area contributed by atoms with Crippen molar-refractivity contribution in [2.75, 3.05) is 6.54 Å². The molecule has 4 nitrogen and oxygen atoms in total. The van der Waals surface area contributed by atoms with E-state index in [1.807, 2.05) is 29.6 Å². The number of hydrogen-bond acceptors (Lipinski definition) is 4. The van der Waals surface area contributed by atoms with Crippen LogP contribution in [0.5, 0.6) is 0 Å². The Kier molecular flexibility index (Phi) is 3.69. The molecular formula is C11H16N4S. The van der Waals surface area contributed by atoms with E-state index in [-0.39, 0.29) is 0 Å². The van der Waals surface area contributed by atoms with Gasteiger partial charge >= 0.3 is 0 Å². The van der Waals surface area contributed by atoms with Crippen LogP contribution < -0.4 is 5.32 Å². The molecule has 2 aromatic heterocycles. The topological polar surface area (TPSA) is 42.7 Å². The Morgan fingerprint density at radius 3 is 2.94 bits per heavy atom. The van der Waals surface area contributed by atoms with Crippen LogP contribution in [0.1, 0.15) is 23.4 Å². The van der Waals surface area contributed by atoms with Crippen LogP contribution in [0.15, 0.2) is 24.1 Å². The van der Waals surface area contributed by atoms with Crippen LogP contribution in [-0.2, 0) is 13.5 Å². The van der Waals surface area contributed by atoms with Gasteiger partial charge in [0.1, 0.15) is 0 Å². The second-order valence-corrected chi connectivity index (χ2v) is 4.66. The third-order valence-corrected chi connectivity index (χ3v) is 3.33. The average Bonchev–Trinajstić information content (AvgIpc) is 2.88. The molecule has 0 amide bonds. The van der Waals surface area contributed by atoms with Crippen LogP contribution in [0.25, 0.3) is 0 Å². The molecule has 0 aliphatic heterocycles. The van der Waals surface area contributed by atoms with Gasteiger partial charge in [0.2, 0.25) is 0 Å². The molecule has 0 aliphatic rings. The Bertz CT molecular complexity index is 421. The maximum atomic E-state index is 4.19. The summed E-state index contributed by atoms with van der Waals surface area (Å²) in [5.41, 5.74) is 3.13. The lowest BCUT2D eigenvalue weighted by Gasteiger charge is -2.14. The van der Waals surface area contributed by atoms with Gasteiger partial charge in [0.15, 0.2) is 0 Å². The SMILES string of the molecule is CCNC(Cc1cnn(C)c1)c1cncs1. The van der Waals surface area contributed by atoms with Crippen molar-refractivity contribution < 1.29 is 0 Å². The van der Waals surface area contributed by atoms with Crippen LogP contribution in [0.2, 0.25) is 0 Å². The second-order valence-electron chi connectivity index (χ2n) is 3.74. The number of hydrogen-bond donors (Lipinski definition) is 1. The maximum Gasteiger partial charge on any atom is 0.0794 e. The summed E-state index contributed by atoms with van der Waals surface area (Å²) in [5, 5.41) is 7.66. The fourth-order valence-electron chi connectivity index (χ4n) is 1.73. The summed E-state index contributed by atoms with van der Waals surface area (Å²) in [6, 6.07) is 0.349. The molecule has 0 bridgehead atoms. The first-order chi connectivity index (χ1) is 7.79. The number of aryl methyl sites for hydroxylation is 1. The number of nitrogens with zero attached hydrogens (tertiary/aromatic N) is 3. The van der Waals surface area contributed by atoms with Crippen molar-refractivity contribution in [3.63, 3.8) is 0 Å². The van der Waals surface area contributed by atoms with Crippen molar-refractivity contribution in [2.24, 2.45) is 7.05 Å². The number of nitrogens with one attached hydrogen (secondary N) is 1. The molecule has 0 spiro atoms. The summed E-state index contributed by atoms with van der Waals surface area (Å²) in [5.74, 6) is 0. The van der Waals surface area contributed by atoms with Gasteiger partial charge in [0.25, 0.3) is 0 Å². The number of likely N-dealkylation sites (N-methyl/N-ethyl adjacent to an activating group) is 1. The molecule has 1 N–H and O–H groups in total. The highest BCUT2D eigenvalue weighted by atomic mass is 32.1. The van der Waals surface area contributed by atoms with Gasteiger partial charge in [-0.3, -0.25) is 9.67 Å². The van der Waals surface area contributed by atoms with Gasteiger partial charge in [-0.05, 0) is 18.5 Å². The van der Waals surface area contributed by atoms with Crippen molar-refractivity contribution >= 4 is 11.3 Å². The van der Waals surface area contributed by atoms with E-state index in [1.54, 1.807) is 11.3 Å². The molecule has 0 saturated carbocycles. The van der Waals surface area contributed by atoms with Crippen LogP contribution in [0, 0.1) is 0 Å². The van der Waals surface area contributed by atoms with E-state index in [0.717, 1.165) is 13.0 Å². The van der Waals surface area contributed by atoms with Crippen molar-refractivity contribution in [3.05, 3.63) is 34.5 Å². The van der Waals surface area contributed by atoms with Gasteiger partial charge in [0.05, 0.1) is 11.7 Å². The quantitative estimate of drug-likeness (QED) is 0.860. The zero-order valence-corrected chi connectivity index (χ0v) is 10.4. The molecule has 0 aromatic carbocycles. The third-order valence-electron chi connectivity index (χ3n) is 2.44. The summed E-state index contributed by atoms with van der Waals surface area (Å²) in [6.07, 6.45) is 6.88. The highest BCUT2D eigenvalue weighted by Crippen LogP contribution is 2.21. The van der Waals surface area contributed by atoms with Crippen LogP contribution in [0.3, 0.4) is 0 Å². The highest BCUT2D eigenvalue weighted by Gasteiger charge is 2.13. The lowest BCUT2D eigenvalue weighted by molar-refractivity contribution is 0.557. The van der Waals surface area contributed by atoms with Crippen molar-refractivity contribution in [1.29, 1.82) is 0 Å². The monoisotopic (exact) mass is 236 g/mol. The average molecular weight is 236 g/mol. The van der Waals surface area contributed by atoms with E-state index in [2.05, 4.69) is 28.5 Å². The summed E-state index contributed by atoms with van der Waals surface area (Å²) in [7, 11) is 1.94. The van der Waals surface area contributed by atoms with Crippen molar-refractivity contribution in [1.82, 2.24) is 20.1 Å². The predicted molar refractivity (Wildman–Crippen MR) is 65.4 cm³/mol. The van der Waals surface area contributed by atoms with Crippen molar-refractivity contribution in [3.8, 4) is 0 Å². The molecule has 1 atom stereocenters. The smallest absolute Gasteiger partial charge is 0.0794 e. The highest BCUT2D eigenvalue weighted by molar-refractivity contribution is 7.09. The summed E-state index contributed by atoms with van der Waals surface area (Å²) in [6.45, 7) is 3.08. The molecule has 86 valence electrons. The summed E-state index contributed by atoms with van der Waals surface area (Å²) in [4.78, 5) is 5.41. The van der Waals surface area contributed by atoms with Gasteiger partial charge in [-0.2, -0.15) is 5.10 Å². The fraction of sp³-hybridized carbons (Fsp3) is 0.455. The molecule has 1 unspecified atom stereocenters. The second kappa shape index (κ2) is 5.23. The zero-order chi connectivity index (χ0) is 11.4. The predicted octanol–water partition coefficient (Wildman–Crippen LogP) is 1.77. The summed E-state index contributed by atoms with van der Waals surface area (Å²) >= 11 is 1.70. The molecular weight excluding hydrogens is 220 g/mol. The molecule has 16 heavy (non-hydrogen) atoms. The normalized spacial score (nSPS) is 12.9. The Morgan fingerprint density at radius 1 is 1.50 bits per heavy atom. The molecule has 2 aromatic rings. The number of thiazole rings is 1. The van der Waals surface area contributed by atoms with Crippen LogP contribution >= 0.6 is 11.3 Å². The van der Waals surface area contributed by atoms with Gasteiger partial charge in [0, 0.05) is 30.4 Å². The minimum absolute atomic E-state index is 0.349. The fourth-order valence-corrected chi connectivity index (χ4v) is 2.43. The standard InChI is InChI=1S/C11H16N4S/c1-3-13-10(11-6-12-8-16-11)4-9-5-14-15(2)7-9/h5-8,10,13H,3-4H2,1-2H3. The number of aromatic nitrogens is 3. The molecule has 0 saturated heterocycles. The molecule has 0 aliphatic carbocycles. The van der Waals surface area contributed by atoms with Crippen molar-refractivity contribution in [2.45, 2.75) is 19.4 Å². The first-order valence-electron chi connectivity index (χ1n) is 5.39. The maximum absolute atomic E-state index is 4.19. The van der Waals surface area contributed by atoms with Crippen LogP contribution in [-0.4, -0.2) is 21.3 Å². The van der Waals surface area contributed by atoms with E-state index in [1.165, 1.54) is 10.4 Å². The van der Waals surface area contributed by atoms with E-state index in [4.69, 9.17) is 0 Å². The van der Waals surface area contributed by atoms with E-state index in [0.29, 0.717) is 6.04 Å². The molecule has 2 rings (SSSR count). The zero-order valence-electron chi connectivity index (χ0n) is 9.55.